The molecule has 1 aliphatic carbocycles. The van der Waals surface area contributed by atoms with Crippen LogP contribution in [0.2, 0.25) is 0 Å². The SMILES string of the molecule is CC1C[C@@]2(C(=O)NC[C@H](C)O)C(=O)O[C@H](C)C2C(/C=C/c2ccc(-c3cccc(F)c3)cn2)C1C. The molecule has 35 heavy (non-hydrogen) atoms. The average molecular weight is 481 g/mol. The second kappa shape index (κ2) is 9.90. The summed E-state index contributed by atoms with van der Waals surface area (Å²) in [5, 5.41) is 12.4. The number of rotatable bonds is 6. The topological polar surface area (TPSA) is 88.5 Å². The summed E-state index contributed by atoms with van der Waals surface area (Å²) in [5.74, 6) is -1.22. The van der Waals surface area contributed by atoms with Gasteiger partial charge < -0.3 is 15.2 Å². The van der Waals surface area contributed by atoms with Crippen molar-refractivity contribution in [3.8, 4) is 11.1 Å². The lowest BCUT2D eigenvalue weighted by molar-refractivity contribution is -0.157. The van der Waals surface area contributed by atoms with Gasteiger partial charge in [-0.3, -0.25) is 14.6 Å². The molecule has 7 heteroatoms. The van der Waals surface area contributed by atoms with E-state index in [0.717, 1.165) is 16.8 Å². The highest BCUT2D eigenvalue weighted by atomic mass is 19.1. The zero-order chi connectivity index (χ0) is 25.3. The molecule has 1 saturated carbocycles. The Labute approximate surface area is 205 Å². The largest absolute Gasteiger partial charge is 0.461 e. The third-order valence-electron chi connectivity index (χ3n) is 7.69. The van der Waals surface area contributed by atoms with Crippen LogP contribution in [0.15, 0.2) is 48.7 Å². The number of carbonyl (C=O) groups is 2. The summed E-state index contributed by atoms with van der Waals surface area (Å²) in [6, 6.07) is 10.1. The van der Waals surface area contributed by atoms with Crippen molar-refractivity contribution in [3.05, 3.63) is 60.2 Å². The number of nitrogens with zero attached hydrogens (tertiary/aromatic N) is 1. The predicted octanol–water partition coefficient (Wildman–Crippen LogP) is 4.24. The number of ether oxygens (including phenoxy) is 1. The predicted molar refractivity (Wildman–Crippen MR) is 131 cm³/mol. The Morgan fingerprint density at radius 1 is 1.29 bits per heavy atom. The van der Waals surface area contributed by atoms with Crippen LogP contribution in [0, 0.1) is 34.9 Å². The molecule has 4 rings (SSSR count). The van der Waals surface area contributed by atoms with E-state index < -0.39 is 23.6 Å². The number of aromatic nitrogens is 1. The normalized spacial score (nSPS) is 31.1. The minimum Gasteiger partial charge on any atom is -0.461 e. The van der Waals surface area contributed by atoms with Crippen LogP contribution >= 0.6 is 0 Å². The van der Waals surface area contributed by atoms with Gasteiger partial charge in [0.05, 0.1) is 11.8 Å². The lowest BCUT2D eigenvalue weighted by Gasteiger charge is -2.46. The smallest absolute Gasteiger partial charge is 0.322 e. The molecule has 2 aromatic rings. The van der Waals surface area contributed by atoms with Crippen LogP contribution in [0.5, 0.6) is 0 Å². The highest BCUT2D eigenvalue weighted by molar-refractivity contribution is 6.04. The zero-order valence-corrected chi connectivity index (χ0v) is 20.6. The molecule has 186 valence electrons. The second-order valence-electron chi connectivity index (χ2n) is 10.1. The van der Waals surface area contributed by atoms with Crippen LogP contribution in [-0.4, -0.2) is 40.7 Å². The summed E-state index contributed by atoms with van der Waals surface area (Å²) < 4.78 is 19.2. The molecular weight excluding hydrogens is 447 g/mol. The van der Waals surface area contributed by atoms with E-state index in [1.165, 1.54) is 12.1 Å². The number of amides is 1. The number of halogens is 1. The molecule has 0 radical (unpaired) electrons. The van der Waals surface area contributed by atoms with Crippen molar-refractivity contribution in [2.24, 2.45) is 29.1 Å². The lowest BCUT2D eigenvalue weighted by Crippen LogP contribution is -2.56. The maximum Gasteiger partial charge on any atom is 0.322 e. The van der Waals surface area contributed by atoms with E-state index in [9.17, 15) is 19.1 Å². The van der Waals surface area contributed by atoms with Crippen LogP contribution in [0.1, 0.15) is 39.8 Å². The van der Waals surface area contributed by atoms with E-state index in [2.05, 4.69) is 24.1 Å². The number of carbonyl (C=O) groups excluding carboxylic acids is 2. The molecule has 1 aromatic carbocycles. The highest BCUT2D eigenvalue weighted by Crippen LogP contribution is 2.56. The number of aliphatic hydroxyl groups excluding tert-OH is 1. The van der Waals surface area contributed by atoms with Crippen molar-refractivity contribution < 1.29 is 23.8 Å². The van der Waals surface area contributed by atoms with Crippen LogP contribution in [-0.2, 0) is 14.3 Å². The number of pyridine rings is 1. The van der Waals surface area contributed by atoms with Crippen molar-refractivity contribution in [3.63, 3.8) is 0 Å². The van der Waals surface area contributed by atoms with Crippen LogP contribution in [0.3, 0.4) is 0 Å². The zero-order valence-electron chi connectivity index (χ0n) is 20.6. The first-order chi connectivity index (χ1) is 16.6. The number of hydrogen-bond donors (Lipinski definition) is 2. The highest BCUT2D eigenvalue weighted by Gasteiger charge is 2.66. The number of cyclic esters (lactones) is 1. The van der Waals surface area contributed by atoms with Gasteiger partial charge in [0.15, 0.2) is 5.41 Å². The van der Waals surface area contributed by atoms with Gasteiger partial charge in [0.2, 0.25) is 5.91 Å². The summed E-state index contributed by atoms with van der Waals surface area (Å²) in [6.07, 6.45) is 4.97. The lowest BCUT2D eigenvalue weighted by atomic mass is 9.54. The minimum absolute atomic E-state index is 0.0813. The van der Waals surface area contributed by atoms with Gasteiger partial charge in [-0.2, -0.15) is 0 Å². The summed E-state index contributed by atoms with van der Waals surface area (Å²) in [5.41, 5.74) is 1.03. The molecule has 4 unspecified atom stereocenters. The van der Waals surface area contributed by atoms with Gasteiger partial charge in [0, 0.05) is 24.2 Å². The van der Waals surface area contributed by atoms with Crippen molar-refractivity contribution in [1.29, 1.82) is 0 Å². The molecule has 2 aliphatic rings. The minimum atomic E-state index is -1.27. The second-order valence-corrected chi connectivity index (χ2v) is 10.1. The Balaban J connectivity index is 1.61. The quantitative estimate of drug-likeness (QED) is 0.477. The summed E-state index contributed by atoms with van der Waals surface area (Å²) >= 11 is 0. The first kappa shape index (κ1) is 25.0. The Morgan fingerprint density at radius 2 is 2.06 bits per heavy atom. The molecule has 7 atom stereocenters. The van der Waals surface area contributed by atoms with Gasteiger partial charge in [-0.15, -0.1) is 0 Å². The van der Waals surface area contributed by atoms with Crippen molar-refractivity contribution in [2.75, 3.05) is 6.54 Å². The van der Waals surface area contributed by atoms with Gasteiger partial charge in [0.25, 0.3) is 0 Å². The summed E-state index contributed by atoms with van der Waals surface area (Å²) in [6.45, 7) is 7.73. The molecule has 6 nitrogen and oxygen atoms in total. The summed E-state index contributed by atoms with van der Waals surface area (Å²) in [4.78, 5) is 30.9. The molecular formula is C28H33FN2O4. The van der Waals surface area contributed by atoms with Crippen LogP contribution in [0.25, 0.3) is 17.2 Å². The number of esters is 1. The first-order valence-corrected chi connectivity index (χ1v) is 12.2. The van der Waals surface area contributed by atoms with Gasteiger partial charge in [-0.05, 0) is 67.9 Å². The number of nitrogens with one attached hydrogen (secondary N) is 1. The number of aliphatic hydroxyl groups is 1. The van der Waals surface area contributed by atoms with Gasteiger partial charge in [-0.25, -0.2) is 4.39 Å². The van der Waals surface area contributed by atoms with E-state index in [1.807, 2.05) is 37.3 Å². The molecule has 0 spiro atoms. The molecule has 2 heterocycles. The molecule has 1 saturated heterocycles. The molecule has 0 bridgehead atoms. The maximum atomic E-state index is 13.6. The Morgan fingerprint density at radius 3 is 2.71 bits per heavy atom. The molecule has 1 aromatic heterocycles. The van der Waals surface area contributed by atoms with E-state index in [-0.39, 0.29) is 41.9 Å². The standard InChI is InChI=1S/C28H33FN2O4/c1-16-13-28(26(33)31-14-17(2)32)25(19(4)35-27(28)34)24(18(16)3)11-10-23-9-8-21(15-30-23)20-6-5-7-22(29)12-20/h5-12,15-19,24-25,32H,13-14H2,1-4H3,(H,31,33)/b11-10+/t16?,17-,18?,19+,24?,25?,28+/m0/s1. The van der Waals surface area contributed by atoms with Crippen molar-refractivity contribution >= 4 is 18.0 Å². The van der Waals surface area contributed by atoms with Crippen molar-refractivity contribution in [2.45, 2.75) is 46.3 Å². The molecule has 1 aliphatic heterocycles. The first-order valence-electron chi connectivity index (χ1n) is 12.2. The van der Waals surface area contributed by atoms with E-state index in [1.54, 1.807) is 19.2 Å². The Kier molecular flexibility index (Phi) is 7.08. The van der Waals surface area contributed by atoms with Gasteiger partial charge >= 0.3 is 5.97 Å². The van der Waals surface area contributed by atoms with E-state index in [0.29, 0.717) is 6.42 Å². The van der Waals surface area contributed by atoms with E-state index >= 15 is 0 Å². The van der Waals surface area contributed by atoms with Crippen molar-refractivity contribution in [1.82, 2.24) is 10.3 Å². The maximum absolute atomic E-state index is 13.6. The Bertz CT molecular complexity index is 1120. The molecule has 2 fully saturated rings. The van der Waals surface area contributed by atoms with Crippen LogP contribution < -0.4 is 5.32 Å². The monoisotopic (exact) mass is 480 g/mol. The van der Waals surface area contributed by atoms with E-state index in [4.69, 9.17) is 4.74 Å². The fraction of sp³-hybridized carbons (Fsp3) is 0.464. The average Bonchev–Trinajstić information content (AvgIpc) is 3.08. The van der Waals surface area contributed by atoms with Crippen LogP contribution in [0.4, 0.5) is 4.39 Å². The Hall–Kier alpha value is -3.06. The number of hydrogen-bond acceptors (Lipinski definition) is 5. The van der Waals surface area contributed by atoms with Gasteiger partial charge in [0.1, 0.15) is 11.9 Å². The fourth-order valence-electron chi connectivity index (χ4n) is 5.73. The number of fused-ring (bicyclic) bond motifs is 1. The summed E-state index contributed by atoms with van der Waals surface area (Å²) in [7, 11) is 0. The molecule has 1 amide bonds. The third kappa shape index (κ3) is 4.74. The fourth-order valence-corrected chi connectivity index (χ4v) is 5.73. The third-order valence-corrected chi connectivity index (χ3v) is 7.69. The number of benzene rings is 1. The number of allylic oxidation sites excluding steroid dienone is 1. The molecule has 2 N–H and O–H groups in total. The van der Waals surface area contributed by atoms with Gasteiger partial charge in [-0.1, -0.05) is 38.1 Å².